The smallest absolute Gasteiger partial charge is 0.356 e. The minimum Gasteiger partial charge on any atom is -0.495 e. The van der Waals surface area contributed by atoms with Gasteiger partial charge < -0.3 is 9.47 Å². The molecule has 0 aromatic heterocycles. The number of amides is 2. The maximum atomic E-state index is 13.4. The zero-order valence-corrected chi connectivity index (χ0v) is 16.1. The molecule has 2 aliphatic rings. The Kier molecular flexibility index (Phi) is 4.46. The Morgan fingerprint density at radius 2 is 1.83 bits per heavy atom. The molecule has 2 amide bonds. The fraction of sp³-hybridized carbons (Fsp3) is 0.190. The zero-order valence-electron chi connectivity index (χ0n) is 16.1. The Morgan fingerprint density at radius 1 is 1.07 bits per heavy atom. The van der Waals surface area contributed by atoms with Crippen molar-refractivity contribution in [2.24, 2.45) is 0 Å². The normalized spacial score (nSPS) is 18.1. The van der Waals surface area contributed by atoms with E-state index in [0.717, 1.165) is 10.5 Å². The Labute approximate surface area is 167 Å². The first-order valence-electron chi connectivity index (χ1n) is 8.94. The highest BCUT2D eigenvalue weighted by atomic mass is 16.5. The maximum absolute atomic E-state index is 13.4. The fourth-order valence-electron chi connectivity index (χ4n) is 3.60. The highest BCUT2D eigenvalue weighted by Crippen LogP contribution is 2.39. The number of aryl methyl sites for hydroxylation is 1. The number of hydrogen-bond acceptors (Lipinski definition) is 7. The van der Waals surface area contributed by atoms with E-state index < -0.39 is 23.8 Å². The lowest BCUT2D eigenvalue weighted by atomic mass is 10.1. The van der Waals surface area contributed by atoms with E-state index in [2.05, 4.69) is 5.43 Å². The Hall–Kier alpha value is -3.81. The summed E-state index contributed by atoms with van der Waals surface area (Å²) in [5.74, 6) is -1.41. The quantitative estimate of drug-likeness (QED) is 0.625. The number of ether oxygens (including phenoxy) is 2. The third-order valence-electron chi connectivity index (χ3n) is 4.92. The Balaban J connectivity index is 1.85. The molecule has 8 heteroatoms. The van der Waals surface area contributed by atoms with Crippen LogP contribution in [0.5, 0.6) is 5.75 Å². The lowest BCUT2D eigenvalue weighted by molar-refractivity contribution is -0.136. The molecule has 0 spiro atoms. The number of hydrogen-bond donors (Lipinski definition) is 1. The number of hydrazine groups is 1. The molecular formula is C21H19N3O5. The highest BCUT2D eigenvalue weighted by Gasteiger charge is 2.54. The van der Waals surface area contributed by atoms with Crippen LogP contribution in [0.4, 0.5) is 11.4 Å². The van der Waals surface area contributed by atoms with Crippen molar-refractivity contribution in [3.8, 4) is 5.75 Å². The molecule has 0 saturated carbocycles. The van der Waals surface area contributed by atoms with Gasteiger partial charge in [-0.25, -0.2) is 9.69 Å². The lowest BCUT2D eigenvalue weighted by Crippen LogP contribution is -2.46. The van der Waals surface area contributed by atoms with Crippen molar-refractivity contribution < 1.29 is 23.9 Å². The van der Waals surface area contributed by atoms with Gasteiger partial charge in [0.1, 0.15) is 5.75 Å². The van der Waals surface area contributed by atoms with Crippen molar-refractivity contribution >= 4 is 29.2 Å². The Morgan fingerprint density at radius 3 is 2.52 bits per heavy atom. The van der Waals surface area contributed by atoms with E-state index in [-0.39, 0.29) is 11.3 Å². The second-order valence-corrected chi connectivity index (χ2v) is 6.65. The summed E-state index contributed by atoms with van der Waals surface area (Å²) in [5, 5.41) is 1.52. The minimum atomic E-state index is -0.997. The zero-order chi connectivity index (χ0) is 20.7. The van der Waals surface area contributed by atoms with Crippen LogP contribution < -0.4 is 20.1 Å². The van der Waals surface area contributed by atoms with Crippen molar-refractivity contribution in [3.63, 3.8) is 0 Å². The van der Waals surface area contributed by atoms with Crippen LogP contribution in [0, 0.1) is 6.92 Å². The number of rotatable bonds is 4. The summed E-state index contributed by atoms with van der Waals surface area (Å²) in [6.45, 7) is 1.91. The molecule has 8 nitrogen and oxygen atoms in total. The second-order valence-electron chi connectivity index (χ2n) is 6.65. The van der Waals surface area contributed by atoms with Crippen molar-refractivity contribution in [2.45, 2.75) is 13.0 Å². The predicted molar refractivity (Wildman–Crippen MR) is 105 cm³/mol. The SMILES string of the molecule is COC(=O)C1=C2C(=O)N(c3ccccc3OC)C(=O)[C@H]2N(c2cccc(C)c2)N1. The van der Waals surface area contributed by atoms with Crippen LogP contribution in [0.25, 0.3) is 0 Å². The van der Waals surface area contributed by atoms with Gasteiger partial charge in [0.25, 0.3) is 11.8 Å². The van der Waals surface area contributed by atoms with E-state index in [4.69, 9.17) is 9.47 Å². The number of methoxy groups -OCH3 is 2. The van der Waals surface area contributed by atoms with Gasteiger partial charge in [-0.15, -0.1) is 0 Å². The molecule has 1 saturated heterocycles. The number of benzene rings is 2. The van der Waals surface area contributed by atoms with E-state index in [9.17, 15) is 14.4 Å². The number of nitrogens with one attached hydrogen (secondary N) is 1. The van der Waals surface area contributed by atoms with Gasteiger partial charge >= 0.3 is 5.97 Å². The first-order valence-corrected chi connectivity index (χ1v) is 8.94. The second kappa shape index (κ2) is 6.97. The van der Waals surface area contributed by atoms with Crippen LogP contribution in [-0.2, 0) is 19.1 Å². The molecule has 2 heterocycles. The Bertz CT molecular complexity index is 1060. The van der Waals surface area contributed by atoms with Gasteiger partial charge in [0, 0.05) is 0 Å². The van der Waals surface area contributed by atoms with E-state index in [1.807, 2.05) is 25.1 Å². The first-order chi connectivity index (χ1) is 14.0. The van der Waals surface area contributed by atoms with E-state index in [0.29, 0.717) is 17.1 Å². The molecule has 29 heavy (non-hydrogen) atoms. The molecule has 0 aliphatic carbocycles. The van der Waals surface area contributed by atoms with Crippen molar-refractivity contribution in [1.29, 1.82) is 0 Å². The van der Waals surface area contributed by atoms with Crippen LogP contribution in [0.2, 0.25) is 0 Å². The number of imide groups is 1. The molecule has 148 valence electrons. The van der Waals surface area contributed by atoms with Crippen LogP contribution in [0.3, 0.4) is 0 Å². The average Bonchev–Trinajstić information content (AvgIpc) is 3.24. The van der Waals surface area contributed by atoms with Gasteiger partial charge in [-0.2, -0.15) is 0 Å². The van der Waals surface area contributed by atoms with Crippen LogP contribution in [0.15, 0.2) is 59.8 Å². The van der Waals surface area contributed by atoms with Gasteiger partial charge in [-0.1, -0.05) is 24.3 Å². The molecule has 1 N–H and O–H groups in total. The molecule has 1 fully saturated rings. The van der Waals surface area contributed by atoms with Crippen LogP contribution in [-0.4, -0.2) is 38.0 Å². The summed E-state index contributed by atoms with van der Waals surface area (Å²) in [7, 11) is 2.69. The molecule has 2 aromatic rings. The molecule has 2 aromatic carbocycles. The maximum Gasteiger partial charge on any atom is 0.356 e. The number of nitrogens with zero attached hydrogens (tertiary/aromatic N) is 2. The lowest BCUT2D eigenvalue weighted by Gasteiger charge is -2.26. The summed E-state index contributed by atoms with van der Waals surface area (Å²) >= 11 is 0. The summed E-state index contributed by atoms with van der Waals surface area (Å²) in [4.78, 5) is 40.0. The van der Waals surface area contributed by atoms with Crippen LogP contribution >= 0.6 is 0 Å². The standard InChI is InChI=1S/C21H19N3O5/c1-12-7-6-8-13(11-12)24-18-16(17(22-24)21(27)29-3)19(25)23(20(18)26)14-9-4-5-10-15(14)28-2/h4-11,18,22H,1-3H3/t18-/m0/s1. The van der Waals surface area contributed by atoms with Crippen molar-refractivity contribution in [2.75, 3.05) is 24.1 Å². The molecule has 0 unspecified atom stereocenters. The molecule has 0 bridgehead atoms. The van der Waals surface area contributed by atoms with E-state index in [1.165, 1.54) is 19.2 Å². The summed E-state index contributed by atoms with van der Waals surface area (Å²) < 4.78 is 10.1. The third-order valence-corrected chi connectivity index (χ3v) is 4.92. The highest BCUT2D eigenvalue weighted by molar-refractivity contribution is 6.34. The monoisotopic (exact) mass is 393 g/mol. The molecule has 1 atom stereocenters. The number of esters is 1. The average molecular weight is 393 g/mol. The molecule has 0 radical (unpaired) electrons. The van der Waals surface area contributed by atoms with Crippen molar-refractivity contribution in [3.05, 3.63) is 65.4 Å². The van der Waals surface area contributed by atoms with Crippen molar-refractivity contribution in [1.82, 2.24) is 5.43 Å². The summed E-state index contributed by atoms with van der Waals surface area (Å²) in [6, 6.07) is 13.1. The number of carbonyl (C=O) groups excluding carboxylic acids is 3. The van der Waals surface area contributed by atoms with Gasteiger partial charge in [0.2, 0.25) is 0 Å². The molecule has 2 aliphatic heterocycles. The minimum absolute atomic E-state index is 0.0465. The number of carbonyl (C=O) groups is 3. The number of anilines is 2. The first kappa shape index (κ1) is 18.5. The largest absolute Gasteiger partial charge is 0.495 e. The summed E-state index contributed by atoms with van der Waals surface area (Å²) in [6.07, 6.45) is 0. The van der Waals surface area contributed by atoms with Gasteiger partial charge in [-0.3, -0.25) is 20.0 Å². The third kappa shape index (κ3) is 2.80. The van der Waals surface area contributed by atoms with Gasteiger partial charge in [-0.05, 0) is 36.8 Å². The summed E-state index contributed by atoms with van der Waals surface area (Å²) in [5.41, 5.74) is 4.83. The number of para-hydroxylation sites is 2. The number of fused-ring (bicyclic) bond motifs is 1. The molecule has 4 rings (SSSR count). The topological polar surface area (TPSA) is 88.2 Å². The van der Waals surface area contributed by atoms with E-state index >= 15 is 0 Å². The predicted octanol–water partition coefficient (Wildman–Crippen LogP) is 1.70. The van der Waals surface area contributed by atoms with Gasteiger partial charge in [0.05, 0.1) is 31.2 Å². The fourth-order valence-corrected chi connectivity index (χ4v) is 3.60. The van der Waals surface area contributed by atoms with E-state index in [1.54, 1.807) is 30.3 Å². The molecular weight excluding hydrogens is 374 g/mol. The van der Waals surface area contributed by atoms with Crippen LogP contribution in [0.1, 0.15) is 5.56 Å². The van der Waals surface area contributed by atoms with Gasteiger partial charge in [0.15, 0.2) is 11.7 Å².